The van der Waals surface area contributed by atoms with Crippen molar-refractivity contribution < 1.29 is 23.0 Å². The first-order chi connectivity index (χ1) is 7.45. The van der Waals surface area contributed by atoms with Gasteiger partial charge >= 0.3 is 12.6 Å². The van der Waals surface area contributed by atoms with Crippen LogP contribution in [0, 0.1) is 6.92 Å². The zero-order valence-electron chi connectivity index (χ0n) is 8.59. The predicted molar refractivity (Wildman–Crippen MR) is 54.2 cm³/mol. The van der Waals surface area contributed by atoms with Crippen molar-refractivity contribution in [2.75, 3.05) is 7.11 Å². The van der Waals surface area contributed by atoms with Gasteiger partial charge in [-0.25, -0.2) is 4.79 Å². The van der Waals surface area contributed by atoms with E-state index in [0.29, 0.717) is 5.56 Å². The van der Waals surface area contributed by atoms with E-state index in [2.05, 4.69) is 9.47 Å². The zero-order chi connectivity index (χ0) is 12.3. The Morgan fingerprint density at radius 1 is 1.44 bits per heavy atom. The number of hydrogen-bond donors (Lipinski definition) is 0. The summed E-state index contributed by atoms with van der Waals surface area (Å²) < 4.78 is 32.7. The van der Waals surface area contributed by atoms with Crippen LogP contribution < -0.4 is 4.74 Å². The Balaban J connectivity index is 3.11. The van der Waals surface area contributed by atoms with Crippen LogP contribution in [0.25, 0.3) is 0 Å². The Morgan fingerprint density at radius 3 is 2.56 bits per heavy atom. The number of methoxy groups -OCH3 is 1. The van der Waals surface area contributed by atoms with E-state index < -0.39 is 12.6 Å². The lowest BCUT2D eigenvalue weighted by Crippen LogP contribution is -2.06. The van der Waals surface area contributed by atoms with Crippen molar-refractivity contribution in [3.8, 4) is 5.75 Å². The second kappa shape index (κ2) is 5.12. The normalized spacial score (nSPS) is 10.4. The van der Waals surface area contributed by atoms with Crippen molar-refractivity contribution >= 4 is 17.6 Å². The van der Waals surface area contributed by atoms with Crippen molar-refractivity contribution in [3.63, 3.8) is 0 Å². The van der Waals surface area contributed by atoms with Gasteiger partial charge in [0.15, 0.2) is 0 Å². The fourth-order valence-corrected chi connectivity index (χ4v) is 1.38. The Kier molecular flexibility index (Phi) is 4.06. The summed E-state index contributed by atoms with van der Waals surface area (Å²) in [5, 5.41) is 0.00750. The average molecular weight is 251 g/mol. The number of carbonyl (C=O) groups is 1. The van der Waals surface area contributed by atoms with E-state index in [1.54, 1.807) is 0 Å². The molecule has 0 saturated heterocycles. The molecular formula is C10H9ClF2O3. The van der Waals surface area contributed by atoms with E-state index in [-0.39, 0.29) is 16.3 Å². The van der Waals surface area contributed by atoms with Crippen molar-refractivity contribution in [1.82, 2.24) is 0 Å². The maximum atomic E-state index is 12.0. The number of carbonyl (C=O) groups excluding carboxylic acids is 1. The minimum absolute atomic E-state index is 0.00750. The summed E-state index contributed by atoms with van der Waals surface area (Å²) >= 11 is 5.73. The smallest absolute Gasteiger partial charge is 0.387 e. The molecule has 0 spiro atoms. The number of benzene rings is 1. The molecule has 0 atom stereocenters. The van der Waals surface area contributed by atoms with Crippen LogP contribution >= 0.6 is 11.6 Å². The third-order valence-electron chi connectivity index (χ3n) is 1.89. The van der Waals surface area contributed by atoms with Gasteiger partial charge < -0.3 is 9.47 Å². The van der Waals surface area contributed by atoms with Crippen molar-refractivity contribution in [2.24, 2.45) is 0 Å². The third-order valence-corrected chi connectivity index (χ3v) is 2.20. The third kappa shape index (κ3) is 2.82. The first-order valence-electron chi connectivity index (χ1n) is 4.29. The topological polar surface area (TPSA) is 35.5 Å². The van der Waals surface area contributed by atoms with Gasteiger partial charge in [0.05, 0.1) is 17.7 Å². The highest BCUT2D eigenvalue weighted by Gasteiger charge is 2.15. The molecule has 16 heavy (non-hydrogen) atoms. The number of ether oxygens (including phenoxy) is 2. The lowest BCUT2D eigenvalue weighted by atomic mass is 10.1. The molecule has 0 radical (unpaired) electrons. The molecule has 1 aromatic carbocycles. The van der Waals surface area contributed by atoms with Crippen LogP contribution in [0.5, 0.6) is 5.75 Å². The van der Waals surface area contributed by atoms with Crippen LogP contribution in [0.1, 0.15) is 15.9 Å². The first kappa shape index (κ1) is 12.7. The summed E-state index contributed by atoms with van der Waals surface area (Å²) in [4.78, 5) is 11.2. The van der Waals surface area contributed by atoms with Crippen LogP contribution in [0.4, 0.5) is 8.78 Å². The Bertz CT molecular complexity index is 407. The van der Waals surface area contributed by atoms with Crippen LogP contribution in [0.15, 0.2) is 12.1 Å². The van der Waals surface area contributed by atoms with E-state index in [1.165, 1.54) is 20.1 Å². The van der Waals surface area contributed by atoms with Crippen LogP contribution in [0.2, 0.25) is 5.02 Å². The minimum atomic E-state index is -2.93. The van der Waals surface area contributed by atoms with Crippen molar-refractivity contribution in [2.45, 2.75) is 13.5 Å². The molecule has 0 aliphatic heterocycles. The SMILES string of the molecule is COC(=O)c1cc(C)c(OC(F)F)cc1Cl. The number of halogens is 3. The molecule has 0 saturated carbocycles. The summed E-state index contributed by atoms with van der Waals surface area (Å²) in [5.74, 6) is -0.690. The summed E-state index contributed by atoms with van der Waals surface area (Å²) in [6.07, 6.45) is 0. The summed E-state index contributed by atoms with van der Waals surface area (Å²) in [6, 6.07) is 2.50. The Labute approximate surface area is 95.9 Å². The molecule has 0 aliphatic rings. The molecule has 0 unspecified atom stereocenters. The Hall–Kier alpha value is -1.36. The summed E-state index contributed by atoms with van der Waals surface area (Å²) in [5.41, 5.74) is 0.494. The molecule has 0 fully saturated rings. The predicted octanol–water partition coefficient (Wildman–Crippen LogP) is 3.04. The summed E-state index contributed by atoms with van der Waals surface area (Å²) in [6.45, 7) is -1.40. The molecule has 1 aromatic rings. The molecule has 0 aromatic heterocycles. The number of alkyl halides is 2. The molecule has 0 amide bonds. The monoisotopic (exact) mass is 250 g/mol. The summed E-state index contributed by atoms with van der Waals surface area (Å²) in [7, 11) is 1.21. The Morgan fingerprint density at radius 2 is 2.06 bits per heavy atom. The van der Waals surface area contributed by atoms with Gasteiger partial charge in [-0.3, -0.25) is 0 Å². The fourth-order valence-electron chi connectivity index (χ4n) is 1.15. The zero-order valence-corrected chi connectivity index (χ0v) is 9.35. The standard InChI is InChI=1S/C10H9ClF2O3/c1-5-3-6(9(14)15-2)7(11)4-8(5)16-10(12)13/h3-4,10H,1-2H3. The molecular weight excluding hydrogens is 242 g/mol. The van der Waals surface area contributed by atoms with E-state index in [0.717, 1.165) is 6.07 Å². The highest BCUT2D eigenvalue weighted by molar-refractivity contribution is 6.33. The molecule has 0 bridgehead atoms. The number of esters is 1. The van der Waals surface area contributed by atoms with E-state index in [9.17, 15) is 13.6 Å². The molecule has 0 aliphatic carbocycles. The quantitative estimate of drug-likeness (QED) is 0.774. The van der Waals surface area contributed by atoms with Gasteiger partial charge in [0.1, 0.15) is 5.75 Å². The van der Waals surface area contributed by atoms with Crippen LogP contribution in [0.3, 0.4) is 0 Å². The minimum Gasteiger partial charge on any atom is -0.465 e. The highest BCUT2D eigenvalue weighted by Crippen LogP contribution is 2.28. The number of aryl methyl sites for hydroxylation is 1. The van der Waals surface area contributed by atoms with Crippen molar-refractivity contribution in [3.05, 3.63) is 28.3 Å². The van der Waals surface area contributed by atoms with Gasteiger partial charge in [0.2, 0.25) is 0 Å². The molecule has 6 heteroatoms. The van der Waals surface area contributed by atoms with E-state index in [1.807, 2.05) is 0 Å². The van der Waals surface area contributed by atoms with Crippen LogP contribution in [-0.4, -0.2) is 19.7 Å². The molecule has 0 N–H and O–H groups in total. The molecule has 88 valence electrons. The van der Waals surface area contributed by atoms with Crippen molar-refractivity contribution in [1.29, 1.82) is 0 Å². The van der Waals surface area contributed by atoms with Gasteiger partial charge in [-0.1, -0.05) is 11.6 Å². The van der Waals surface area contributed by atoms with Gasteiger partial charge in [0.25, 0.3) is 0 Å². The van der Waals surface area contributed by atoms with E-state index in [4.69, 9.17) is 11.6 Å². The second-order valence-electron chi connectivity index (χ2n) is 2.97. The number of hydrogen-bond acceptors (Lipinski definition) is 3. The van der Waals surface area contributed by atoms with Gasteiger partial charge in [-0.05, 0) is 18.6 Å². The average Bonchev–Trinajstić information content (AvgIpc) is 2.21. The molecule has 1 rings (SSSR count). The maximum absolute atomic E-state index is 12.0. The lowest BCUT2D eigenvalue weighted by molar-refractivity contribution is -0.0502. The maximum Gasteiger partial charge on any atom is 0.387 e. The fraction of sp³-hybridized carbons (Fsp3) is 0.300. The largest absolute Gasteiger partial charge is 0.465 e. The number of rotatable bonds is 3. The van der Waals surface area contributed by atoms with Gasteiger partial charge in [-0.2, -0.15) is 8.78 Å². The first-order valence-corrected chi connectivity index (χ1v) is 4.66. The highest BCUT2D eigenvalue weighted by atomic mass is 35.5. The van der Waals surface area contributed by atoms with Gasteiger partial charge in [-0.15, -0.1) is 0 Å². The van der Waals surface area contributed by atoms with E-state index >= 15 is 0 Å². The van der Waals surface area contributed by atoms with Crippen LogP contribution in [-0.2, 0) is 4.74 Å². The lowest BCUT2D eigenvalue weighted by Gasteiger charge is -2.10. The molecule has 0 heterocycles. The second-order valence-corrected chi connectivity index (χ2v) is 3.37. The van der Waals surface area contributed by atoms with Gasteiger partial charge in [0, 0.05) is 6.07 Å². The molecule has 3 nitrogen and oxygen atoms in total.